The fourth-order valence-corrected chi connectivity index (χ4v) is 2.43. The van der Waals surface area contributed by atoms with Gasteiger partial charge in [0.25, 0.3) is 5.56 Å². The molecule has 0 bridgehead atoms. The molecule has 0 aliphatic rings. The van der Waals surface area contributed by atoms with Crippen molar-refractivity contribution < 1.29 is 9.53 Å². The second kappa shape index (κ2) is 7.03. The number of alkyl carbamates (subject to hydrolysis) is 1. The van der Waals surface area contributed by atoms with Crippen molar-refractivity contribution in [2.75, 3.05) is 0 Å². The molecule has 0 fully saturated rings. The molecule has 0 saturated heterocycles. The number of carbonyl (C=O) groups is 1. The Hall–Kier alpha value is -2.37. The molecule has 1 aromatic carbocycles. The highest BCUT2D eigenvalue weighted by molar-refractivity contribution is 5.77. The molecule has 2 aromatic rings. The number of nitrogens with one attached hydrogen (secondary N) is 2. The molecule has 1 atom stereocenters. The third-order valence-corrected chi connectivity index (χ3v) is 3.36. The highest BCUT2D eigenvalue weighted by Crippen LogP contribution is 2.20. The Morgan fingerprint density at radius 2 is 1.96 bits per heavy atom. The topological polar surface area (TPSA) is 84.1 Å². The monoisotopic (exact) mass is 331 g/mol. The standard InChI is InChI=1S/C18H25N3O3/c1-11(2)10-14(20-17(23)24-18(3,4)5)15-19-13-9-7-6-8-12(13)16(22)21-15/h6-9,11,14H,10H2,1-5H3,(H,20,23)(H,19,21,22)/t14-/m0/s1. The number of benzene rings is 1. The third-order valence-electron chi connectivity index (χ3n) is 3.36. The van der Waals surface area contributed by atoms with Crippen LogP contribution < -0.4 is 10.9 Å². The van der Waals surface area contributed by atoms with E-state index in [2.05, 4.69) is 15.3 Å². The van der Waals surface area contributed by atoms with E-state index in [1.54, 1.807) is 39.0 Å². The Morgan fingerprint density at radius 1 is 1.29 bits per heavy atom. The number of fused-ring (bicyclic) bond motifs is 1. The molecule has 2 rings (SSSR count). The highest BCUT2D eigenvalue weighted by atomic mass is 16.6. The highest BCUT2D eigenvalue weighted by Gasteiger charge is 2.23. The first-order valence-electron chi connectivity index (χ1n) is 8.14. The van der Waals surface area contributed by atoms with E-state index in [9.17, 15) is 9.59 Å². The predicted octanol–water partition coefficient (Wildman–Crippen LogP) is 3.54. The Kier molecular flexibility index (Phi) is 5.26. The van der Waals surface area contributed by atoms with Crippen LogP contribution in [0.1, 0.15) is 52.9 Å². The van der Waals surface area contributed by atoms with Gasteiger partial charge in [0.1, 0.15) is 11.4 Å². The van der Waals surface area contributed by atoms with Gasteiger partial charge in [-0.1, -0.05) is 26.0 Å². The molecule has 0 aliphatic carbocycles. The molecule has 24 heavy (non-hydrogen) atoms. The summed E-state index contributed by atoms with van der Waals surface area (Å²) in [4.78, 5) is 31.7. The third kappa shape index (κ3) is 4.81. The summed E-state index contributed by atoms with van der Waals surface area (Å²) in [5.74, 6) is 0.750. The van der Waals surface area contributed by atoms with Gasteiger partial charge in [0, 0.05) is 0 Å². The molecular weight excluding hydrogens is 306 g/mol. The second-order valence-corrected chi connectivity index (χ2v) is 7.30. The van der Waals surface area contributed by atoms with Gasteiger partial charge in [-0.2, -0.15) is 0 Å². The first-order chi connectivity index (χ1) is 11.2. The maximum atomic E-state index is 12.3. The number of amides is 1. The van der Waals surface area contributed by atoms with Gasteiger partial charge in [0.05, 0.1) is 16.9 Å². The number of ether oxygens (including phenoxy) is 1. The summed E-state index contributed by atoms with van der Waals surface area (Å²) in [6.07, 6.45) is 0.115. The molecule has 0 saturated carbocycles. The van der Waals surface area contributed by atoms with Crippen molar-refractivity contribution in [1.82, 2.24) is 15.3 Å². The Bertz CT molecular complexity index is 775. The number of carbonyl (C=O) groups excluding carboxylic acids is 1. The van der Waals surface area contributed by atoms with Crippen LogP contribution >= 0.6 is 0 Å². The van der Waals surface area contributed by atoms with E-state index < -0.39 is 17.7 Å². The molecule has 1 heterocycles. The minimum Gasteiger partial charge on any atom is -0.444 e. The second-order valence-electron chi connectivity index (χ2n) is 7.30. The van der Waals surface area contributed by atoms with Crippen LogP contribution in [0.3, 0.4) is 0 Å². The molecule has 0 aliphatic heterocycles. The van der Waals surface area contributed by atoms with Gasteiger partial charge in [-0.15, -0.1) is 0 Å². The number of H-pyrrole nitrogens is 1. The van der Waals surface area contributed by atoms with Crippen molar-refractivity contribution in [3.63, 3.8) is 0 Å². The average molecular weight is 331 g/mol. The van der Waals surface area contributed by atoms with Crippen LogP contribution in [0.5, 0.6) is 0 Å². The van der Waals surface area contributed by atoms with Crippen molar-refractivity contribution in [3.05, 3.63) is 40.4 Å². The zero-order valence-electron chi connectivity index (χ0n) is 14.8. The van der Waals surface area contributed by atoms with E-state index in [4.69, 9.17) is 4.74 Å². The molecule has 0 radical (unpaired) electrons. The van der Waals surface area contributed by atoms with Gasteiger partial charge in [-0.25, -0.2) is 9.78 Å². The molecule has 2 N–H and O–H groups in total. The predicted molar refractivity (Wildman–Crippen MR) is 93.9 cm³/mol. The fraction of sp³-hybridized carbons (Fsp3) is 0.500. The summed E-state index contributed by atoms with van der Waals surface area (Å²) in [6, 6.07) is 6.72. The molecule has 6 heteroatoms. The van der Waals surface area contributed by atoms with Crippen molar-refractivity contribution in [3.8, 4) is 0 Å². The number of para-hydroxylation sites is 1. The van der Waals surface area contributed by atoms with Crippen molar-refractivity contribution in [2.24, 2.45) is 5.92 Å². The number of aromatic amines is 1. The van der Waals surface area contributed by atoms with E-state index in [1.807, 2.05) is 19.9 Å². The van der Waals surface area contributed by atoms with Gasteiger partial charge in [-0.3, -0.25) is 4.79 Å². The fourth-order valence-electron chi connectivity index (χ4n) is 2.43. The lowest BCUT2D eigenvalue weighted by molar-refractivity contribution is 0.0495. The lowest BCUT2D eigenvalue weighted by Crippen LogP contribution is -2.36. The van der Waals surface area contributed by atoms with Gasteiger partial charge in [0.15, 0.2) is 0 Å². The maximum absolute atomic E-state index is 12.3. The number of hydrogen-bond donors (Lipinski definition) is 2. The maximum Gasteiger partial charge on any atom is 0.408 e. The Morgan fingerprint density at radius 3 is 2.58 bits per heavy atom. The summed E-state index contributed by atoms with van der Waals surface area (Å²) >= 11 is 0. The zero-order chi connectivity index (χ0) is 17.9. The average Bonchev–Trinajstić information content (AvgIpc) is 2.44. The van der Waals surface area contributed by atoms with E-state index in [0.29, 0.717) is 29.1 Å². The summed E-state index contributed by atoms with van der Waals surface area (Å²) in [5.41, 5.74) is -0.192. The van der Waals surface area contributed by atoms with Crippen LogP contribution in [0.2, 0.25) is 0 Å². The van der Waals surface area contributed by atoms with E-state index >= 15 is 0 Å². The van der Waals surface area contributed by atoms with Crippen molar-refractivity contribution in [1.29, 1.82) is 0 Å². The van der Waals surface area contributed by atoms with Gasteiger partial charge in [-0.05, 0) is 45.2 Å². The van der Waals surface area contributed by atoms with Crippen LogP contribution in [-0.4, -0.2) is 21.7 Å². The van der Waals surface area contributed by atoms with Gasteiger partial charge in [0.2, 0.25) is 0 Å². The minimum atomic E-state index is -0.587. The number of nitrogens with zero attached hydrogens (tertiary/aromatic N) is 1. The molecule has 0 unspecified atom stereocenters. The van der Waals surface area contributed by atoms with Crippen LogP contribution in [0.4, 0.5) is 4.79 Å². The molecule has 1 aromatic heterocycles. The first kappa shape index (κ1) is 18.0. The lowest BCUT2D eigenvalue weighted by atomic mass is 10.0. The number of rotatable bonds is 4. The minimum absolute atomic E-state index is 0.213. The summed E-state index contributed by atoms with van der Waals surface area (Å²) in [6.45, 7) is 9.51. The van der Waals surface area contributed by atoms with E-state index in [1.165, 1.54) is 0 Å². The lowest BCUT2D eigenvalue weighted by Gasteiger charge is -2.24. The quantitative estimate of drug-likeness (QED) is 0.897. The number of aromatic nitrogens is 2. The Balaban J connectivity index is 2.34. The van der Waals surface area contributed by atoms with Crippen molar-refractivity contribution in [2.45, 2.75) is 52.7 Å². The van der Waals surface area contributed by atoms with E-state index in [0.717, 1.165) is 0 Å². The SMILES string of the molecule is CC(C)C[C@H](NC(=O)OC(C)(C)C)c1nc2ccccc2c(=O)[nH]1. The van der Waals surface area contributed by atoms with E-state index in [-0.39, 0.29) is 5.56 Å². The van der Waals surface area contributed by atoms with Crippen molar-refractivity contribution >= 4 is 17.0 Å². The largest absolute Gasteiger partial charge is 0.444 e. The normalized spacial score (nSPS) is 13.1. The molecule has 1 amide bonds. The van der Waals surface area contributed by atoms with Crippen LogP contribution in [0.25, 0.3) is 10.9 Å². The van der Waals surface area contributed by atoms with Gasteiger partial charge < -0.3 is 15.0 Å². The van der Waals surface area contributed by atoms with Gasteiger partial charge >= 0.3 is 6.09 Å². The summed E-state index contributed by atoms with van der Waals surface area (Å²) < 4.78 is 5.32. The molecule has 0 spiro atoms. The number of hydrogen-bond acceptors (Lipinski definition) is 4. The molecule has 130 valence electrons. The summed E-state index contributed by atoms with van der Waals surface area (Å²) in [7, 11) is 0. The zero-order valence-corrected chi connectivity index (χ0v) is 14.8. The molecular formula is C18H25N3O3. The van der Waals surface area contributed by atoms with Crippen LogP contribution in [0.15, 0.2) is 29.1 Å². The molecule has 6 nitrogen and oxygen atoms in total. The summed E-state index contributed by atoms with van der Waals surface area (Å²) in [5, 5.41) is 3.35. The van der Waals surface area contributed by atoms with Crippen LogP contribution in [0, 0.1) is 5.92 Å². The Labute approximate surface area is 141 Å². The first-order valence-corrected chi connectivity index (χ1v) is 8.14. The smallest absolute Gasteiger partial charge is 0.408 e. The van der Waals surface area contributed by atoms with Crippen LogP contribution in [-0.2, 0) is 4.74 Å².